The Morgan fingerprint density at radius 1 is 1.30 bits per heavy atom. The van der Waals surface area contributed by atoms with Crippen LogP contribution in [-0.2, 0) is 10.0 Å². The van der Waals surface area contributed by atoms with Crippen LogP contribution in [0.5, 0.6) is 11.6 Å². The minimum Gasteiger partial charge on any atom is -0.497 e. The van der Waals surface area contributed by atoms with Gasteiger partial charge in [-0.25, -0.2) is 13.4 Å². The average Bonchev–Trinajstić information content (AvgIpc) is 2.88. The molecule has 0 saturated carbocycles. The summed E-state index contributed by atoms with van der Waals surface area (Å²) in [6.45, 7) is 7.64. The predicted molar refractivity (Wildman–Crippen MR) is 140 cm³/mol. The first-order valence-electron chi connectivity index (χ1n) is 12.2. The van der Waals surface area contributed by atoms with E-state index in [1.165, 1.54) is 30.6 Å². The standard InChI is InChI=1S/C27H35N3O6S/c1-18(2)10-11-21-12-24-26(28-14-21)36-25(19(3)15-30(27(24)32)20(4)17-31)16-29(5)37(33,34)23-9-7-8-22(13-23)35-6/h7-9,12-14,18-20,25,31H,15-17H2,1-6H3/t19-,20-,25+/m1/s1. The number of ether oxygens (including phenoxy) is 2. The molecule has 1 aromatic carbocycles. The van der Waals surface area contributed by atoms with E-state index in [-0.39, 0.29) is 53.8 Å². The first-order valence-corrected chi connectivity index (χ1v) is 13.6. The van der Waals surface area contributed by atoms with Crippen molar-refractivity contribution < 1.29 is 27.8 Å². The number of likely N-dealkylation sites (N-methyl/N-ethyl adjacent to an activating group) is 1. The van der Waals surface area contributed by atoms with E-state index in [0.717, 1.165) is 0 Å². The molecule has 0 aliphatic carbocycles. The number of nitrogens with zero attached hydrogens (tertiary/aromatic N) is 3. The van der Waals surface area contributed by atoms with Crippen molar-refractivity contribution in [3.63, 3.8) is 0 Å². The van der Waals surface area contributed by atoms with Crippen LogP contribution in [0.1, 0.15) is 43.6 Å². The molecule has 1 N–H and O–H groups in total. The Labute approximate surface area is 219 Å². The van der Waals surface area contributed by atoms with Gasteiger partial charge in [0.15, 0.2) is 0 Å². The highest BCUT2D eigenvalue weighted by molar-refractivity contribution is 7.89. The Kier molecular flexibility index (Phi) is 9.18. The maximum atomic E-state index is 13.5. The molecule has 0 radical (unpaired) electrons. The Morgan fingerprint density at radius 2 is 2.03 bits per heavy atom. The van der Waals surface area contributed by atoms with Crippen LogP contribution in [0.25, 0.3) is 0 Å². The summed E-state index contributed by atoms with van der Waals surface area (Å²) in [7, 11) is -0.882. The molecule has 1 amide bonds. The van der Waals surface area contributed by atoms with Crippen LogP contribution >= 0.6 is 0 Å². The zero-order chi connectivity index (χ0) is 27.3. The van der Waals surface area contributed by atoms with Crippen molar-refractivity contribution in [2.24, 2.45) is 11.8 Å². The van der Waals surface area contributed by atoms with Gasteiger partial charge in [-0.05, 0) is 25.1 Å². The monoisotopic (exact) mass is 529 g/mol. The lowest BCUT2D eigenvalue weighted by Crippen LogP contribution is -2.50. The van der Waals surface area contributed by atoms with E-state index in [2.05, 4.69) is 16.8 Å². The third kappa shape index (κ3) is 6.60. The van der Waals surface area contributed by atoms with Crippen molar-refractivity contribution in [2.75, 3.05) is 33.9 Å². The highest BCUT2D eigenvalue weighted by Crippen LogP contribution is 2.28. The van der Waals surface area contributed by atoms with Gasteiger partial charge in [-0.1, -0.05) is 38.7 Å². The molecule has 37 heavy (non-hydrogen) atoms. The fraction of sp³-hybridized carbons (Fsp3) is 0.481. The van der Waals surface area contributed by atoms with Crippen molar-refractivity contribution in [1.82, 2.24) is 14.2 Å². The van der Waals surface area contributed by atoms with Gasteiger partial charge in [0.25, 0.3) is 5.91 Å². The maximum Gasteiger partial charge on any atom is 0.259 e. The Morgan fingerprint density at radius 3 is 2.68 bits per heavy atom. The molecule has 1 aliphatic heterocycles. The molecule has 2 aromatic rings. The van der Waals surface area contributed by atoms with Crippen LogP contribution in [0.4, 0.5) is 0 Å². The lowest BCUT2D eigenvalue weighted by atomic mass is 10.00. The normalized spacial score (nSPS) is 18.8. The molecule has 0 saturated heterocycles. The topological polar surface area (TPSA) is 109 Å². The van der Waals surface area contributed by atoms with Crippen LogP contribution in [-0.4, -0.2) is 79.6 Å². The Bertz CT molecular complexity index is 1280. The molecule has 9 nitrogen and oxygen atoms in total. The summed E-state index contributed by atoms with van der Waals surface area (Å²) in [5, 5.41) is 9.83. The zero-order valence-corrected chi connectivity index (χ0v) is 22.9. The van der Waals surface area contributed by atoms with Gasteiger partial charge in [-0.2, -0.15) is 4.31 Å². The molecule has 2 heterocycles. The molecule has 3 rings (SSSR count). The third-order valence-corrected chi connectivity index (χ3v) is 8.03. The number of carbonyl (C=O) groups is 1. The number of carbonyl (C=O) groups excluding carboxylic acids is 1. The minimum absolute atomic E-state index is 0.0201. The molecule has 1 aromatic heterocycles. The molecular weight excluding hydrogens is 494 g/mol. The fourth-order valence-corrected chi connectivity index (χ4v) is 5.13. The molecule has 3 atom stereocenters. The van der Waals surface area contributed by atoms with Gasteiger partial charge in [0.05, 0.1) is 31.2 Å². The number of hydrogen-bond donors (Lipinski definition) is 1. The number of aliphatic hydroxyl groups is 1. The molecular formula is C27H35N3O6S. The molecule has 0 fully saturated rings. The average molecular weight is 530 g/mol. The molecule has 0 bridgehead atoms. The summed E-state index contributed by atoms with van der Waals surface area (Å²) >= 11 is 0. The van der Waals surface area contributed by atoms with Crippen LogP contribution in [0, 0.1) is 23.7 Å². The smallest absolute Gasteiger partial charge is 0.259 e. The van der Waals surface area contributed by atoms with E-state index in [0.29, 0.717) is 11.3 Å². The number of aromatic nitrogens is 1. The van der Waals surface area contributed by atoms with Gasteiger partial charge in [-0.3, -0.25) is 4.79 Å². The van der Waals surface area contributed by atoms with Crippen LogP contribution < -0.4 is 9.47 Å². The zero-order valence-electron chi connectivity index (χ0n) is 22.1. The Balaban J connectivity index is 1.98. The number of fused-ring (bicyclic) bond motifs is 1. The number of sulfonamides is 1. The molecule has 10 heteroatoms. The molecule has 0 unspecified atom stereocenters. The molecule has 200 valence electrons. The minimum atomic E-state index is -3.85. The van der Waals surface area contributed by atoms with Crippen molar-refractivity contribution in [3.8, 4) is 23.5 Å². The number of methoxy groups -OCH3 is 1. The molecule has 1 aliphatic rings. The lowest BCUT2D eigenvalue weighted by molar-refractivity contribution is 0.0373. The van der Waals surface area contributed by atoms with Gasteiger partial charge in [-0.15, -0.1) is 0 Å². The summed E-state index contributed by atoms with van der Waals surface area (Å²) in [6.07, 6.45) is 0.923. The summed E-state index contributed by atoms with van der Waals surface area (Å²) in [4.78, 5) is 19.6. The van der Waals surface area contributed by atoms with Crippen molar-refractivity contribution >= 4 is 15.9 Å². The van der Waals surface area contributed by atoms with Crippen molar-refractivity contribution in [3.05, 3.63) is 47.7 Å². The highest BCUT2D eigenvalue weighted by atomic mass is 32.2. The third-order valence-electron chi connectivity index (χ3n) is 6.21. The second-order valence-corrected chi connectivity index (χ2v) is 11.6. The largest absolute Gasteiger partial charge is 0.497 e. The van der Waals surface area contributed by atoms with Gasteiger partial charge in [0.2, 0.25) is 15.9 Å². The van der Waals surface area contributed by atoms with Crippen LogP contribution in [0.15, 0.2) is 41.4 Å². The summed E-state index contributed by atoms with van der Waals surface area (Å²) in [6, 6.07) is 7.46. The first-order chi connectivity index (χ1) is 17.5. The van der Waals surface area contributed by atoms with E-state index in [1.54, 1.807) is 36.2 Å². The van der Waals surface area contributed by atoms with Gasteiger partial charge in [0, 0.05) is 43.3 Å². The maximum absolute atomic E-state index is 13.5. The van der Waals surface area contributed by atoms with Gasteiger partial charge >= 0.3 is 0 Å². The van der Waals surface area contributed by atoms with Crippen molar-refractivity contribution in [1.29, 1.82) is 0 Å². The first kappa shape index (κ1) is 28.4. The second kappa shape index (κ2) is 11.9. The number of benzene rings is 1. The van der Waals surface area contributed by atoms with Crippen LogP contribution in [0.3, 0.4) is 0 Å². The summed E-state index contributed by atoms with van der Waals surface area (Å²) < 4.78 is 39.2. The Hall–Kier alpha value is -3.13. The summed E-state index contributed by atoms with van der Waals surface area (Å²) in [5.41, 5.74) is 0.801. The van der Waals surface area contributed by atoms with Gasteiger partial charge in [0.1, 0.15) is 17.4 Å². The van der Waals surface area contributed by atoms with E-state index in [4.69, 9.17) is 9.47 Å². The molecule has 0 spiro atoms. The summed E-state index contributed by atoms with van der Waals surface area (Å²) in [5.74, 6) is 6.19. The number of hydrogen-bond acceptors (Lipinski definition) is 7. The number of aliphatic hydroxyl groups excluding tert-OH is 1. The second-order valence-electron chi connectivity index (χ2n) is 9.59. The SMILES string of the molecule is COc1cccc(S(=O)(=O)N(C)C[C@@H]2Oc3ncc(C#CC(C)C)cc3C(=O)N([C@H](C)CO)C[C@H]2C)c1. The number of pyridine rings is 1. The quantitative estimate of drug-likeness (QED) is 0.549. The van der Waals surface area contributed by atoms with E-state index < -0.39 is 22.2 Å². The fourth-order valence-electron chi connectivity index (χ4n) is 3.91. The van der Waals surface area contributed by atoms with Crippen molar-refractivity contribution in [2.45, 2.75) is 44.7 Å². The van der Waals surface area contributed by atoms with E-state index in [1.807, 2.05) is 20.8 Å². The number of rotatable bonds is 7. The predicted octanol–water partition coefficient (Wildman–Crippen LogP) is 2.64. The lowest BCUT2D eigenvalue weighted by Gasteiger charge is -2.37. The van der Waals surface area contributed by atoms with E-state index in [9.17, 15) is 18.3 Å². The number of amides is 1. The van der Waals surface area contributed by atoms with Gasteiger partial charge < -0.3 is 19.5 Å². The van der Waals surface area contributed by atoms with Crippen LogP contribution in [0.2, 0.25) is 0 Å². The highest BCUT2D eigenvalue weighted by Gasteiger charge is 2.36. The van der Waals surface area contributed by atoms with E-state index >= 15 is 0 Å².